The van der Waals surface area contributed by atoms with Crippen molar-refractivity contribution in [2.24, 2.45) is 5.41 Å². The topological polar surface area (TPSA) is 46.3 Å². The highest BCUT2D eigenvalue weighted by molar-refractivity contribution is 5.77. The minimum Gasteiger partial charge on any atom is -0.399 e. The van der Waals surface area contributed by atoms with Crippen LogP contribution in [0.15, 0.2) is 24.3 Å². The zero-order valence-electron chi connectivity index (χ0n) is 13.6. The first kappa shape index (κ1) is 15.9. The van der Waals surface area contributed by atoms with Gasteiger partial charge in [0.1, 0.15) is 0 Å². The second-order valence-electron chi connectivity index (χ2n) is 6.54. The Morgan fingerprint density at radius 3 is 2.43 bits per heavy atom. The van der Waals surface area contributed by atoms with Crippen LogP contribution < -0.4 is 5.73 Å². The van der Waals surface area contributed by atoms with Crippen molar-refractivity contribution in [3.63, 3.8) is 0 Å². The molecule has 1 aromatic carbocycles. The average Bonchev–Trinajstić information content (AvgIpc) is 2.93. The van der Waals surface area contributed by atoms with Crippen LogP contribution in [0.25, 0.3) is 0 Å². The maximum absolute atomic E-state index is 12.5. The largest absolute Gasteiger partial charge is 0.399 e. The normalized spacial score (nSPS) is 18.7. The number of nitrogens with zero attached hydrogens (tertiary/aromatic N) is 1. The fourth-order valence-corrected chi connectivity index (χ4v) is 3.31. The first-order chi connectivity index (χ1) is 9.99. The average molecular weight is 288 g/mol. The number of nitrogens with two attached hydrogens (primary N) is 1. The van der Waals surface area contributed by atoms with Gasteiger partial charge in [0.25, 0.3) is 0 Å². The van der Waals surface area contributed by atoms with Gasteiger partial charge in [0.15, 0.2) is 0 Å². The predicted octanol–water partition coefficient (Wildman–Crippen LogP) is 3.80. The number of carbonyl (C=O) groups excluding carboxylic acids is 1. The van der Waals surface area contributed by atoms with Gasteiger partial charge >= 0.3 is 0 Å². The lowest BCUT2D eigenvalue weighted by molar-refractivity contribution is -0.130. The van der Waals surface area contributed by atoms with E-state index in [0.29, 0.717) is 17.7 Å². The Morgan fingerprint density at radius 1 is 1.29 bits per heavy atom. The third kappa shape index (κ3) is 3.58. The molecular formula is C18H28N2O. The van der Waals surface area contributed by atoms with Crippen LogP contribution in [0.2, 0.25) is 0 Å². The van der Waals surface area contributed by atoms with E-state index in [9.17, 15) is 4.79 Å². The molecule has 0 radical (unpaired) electrons. The van der Waals surface area contributed by atoms with E-state index >= 15 is 0 Å². The van der Waals surface area contributed by atoms with Gasteiger partial charge in [0.05, 0.1) is 0 Å². The lowest BCUT2D eigenvalue weighted by atomic mass is 9.82. The van der Waals surface area contributed by atoms with Crippen molar-refractivity contribution in [1.82, 2.24) is 4.90 Å². The van der Waals surface area contributed by atoms with Gasteiger partial charge in [-0.3, -0.25) is 4.79 Å². The van der Waals surface area contributed by atoms with Crippen molar-refractivity contribution < 1.29 is 4.79 Å². The Morgan fingerprint density at radius 2 is 1.90 bits per heavy atom. The van der Waals surface area contributed by atoms with Crippen LogP contribution in [-0.2, 0) is 4.79 Å². The van der Waals surface area contributed by atoms with Crippen molar-refractivity contribution in [2.45, 2.75) is 52.4 Å². The monoisotopic (exact) mass is 288 g/mol. The lowest BCUT2D eigenvalue weighted by Gasteiger charge is -2.26. The number of hydrogen-bond acceptors (Lipinski definition) is 2. The molecule has 3 nitrogen and oxygen atoms in total. The van der Waals surface area contributed by atoms with E-state index < -0.39 is 0 Å². The number of hydrogen-bond donors (Lipinski definition) is 1. The molecular weight excluding hydrogens is 260 g/mol. The van der Waals surface area contributed by atoms with E-state index in [1.165, 1.54) is 18.4 Å². The molecule has 0 aromatic heterocycles. The van der Waals surface area contributed by atoms with Gasteiger partial charge in [0, 0.05) is 25.2 Å². The molecule has 1 fully saturated rings. The van der Waals surface area contributed by atoms with E-state index in [1.807, 2.05) is 24.3 Å². The summed E-state index contributed by atoms with van der Waals surface area (Å²) in [5.74, 6) is 0.541. The maximum Gasteiger partial charge on any atom is 0.223 e. The molecule has 3 heteroatoms. The maximum atomic E-state index is 12.5. The summed E-state index contributed by atoms with van der Waals surface area (Å²) in [5, 5.41) is 0. The quantitative estimate of drug-likeness (QED) is 0.838. The second-order valence-corrected chi connectivity index (χ2v) is 6.54. The highest BCUT2D eigenvalue weighted by Gasteiger charge is 2.37. The molecule has 1 aromatic rings. The van der Waals surface area contributed by atoms with E-state index in [1.54, 1.807) is 0 Å². The fraction of sp³-hybridized carbons (Fsp3) is 0.611. The van der Waals surface area contributed by atoms with Crippen molar-refractivity contribution >= 4 is 11.6 Å². The summed E-state index contributed by atoms with van der Waals surface area (Å²) < 4.78 is 0. The molecule has 1 aliphatic rings. The minimum absolute atomic E-state index is 0.247. The summed E-state index contributed by atoms with van der Waals surface area (Å²) in [6.45, 7) is 8.47. The molecule has 1 amide bonds. The molecule has 2 N–H and O–H groups in total. The SMILES string of the molecule is CCC1(CC)CCN(C(=O)CC(C)c2ccc(N)cc2)C1. The molecule has 21 heavy (non-hydrogen) atoms. The molecule has 1 heterocycles. The molecule has 1 saturated heterocycles. The van der Waals surface area contributed by atoms with Crippen LogP contribution in [-0.4, -0.2) is 23.9 Å². The highest BCUT2D eigenvalue weighted by atomic mass is 16.2. The Balaban J connectivity index is 1.94. The van der Waals surface area contributed by atoms with Crippen LogP contribution in [0, 0.1) is 5.41 Å². The number of nitrogen functional groups attached to an aromatic ring is 1. The van der Waals surface area contributed by atoms with Gasteiger partial charge in [-0.05, 0) is 48.3 Å². The Bertz CT molecular complexity index is 476. The van der Waals surface area contributed by atoms with E-state index in [-0.39, 0.29) is 5.92 Å². The lowest BCUT2D eigenvalue weighted by Crippen LogP contribution is -2.32. The van der Waals surface area contributed by atoms with Gasteiger partial charge in [-0.15, -0.1) is 0 Å². The molecule has 1 unspecified atom stereocenters. The minimum atomic E-state index is 0.247. The Labute approximate surface area is 128 Å². The van der Waals surface area contributed by atoms with Crippen LogP contribution in [0.1, 0.15) is 57.9 Å². The summed E-state index contributed by atoms with van der Waals surface area (Å²) in [5.41, 5.74) is 8.03. The number of rotatable bonds is 5. The first-order valence-corrected chi connectivity index (χ1v) is 8.13. The fourth-order valence-electron chi connectivity index (χ4n) is 3.31. The van der Waals surface area contributed by atoms with Gasteiger partial charge in [-0.1, -0.05) is 32.9 Å². The van der Waals surface area contributed by atoms with Crippen molar-refractivity contribution in [3.8, 4) is 0 Å². The summed E-state index contributed by atoms with van der Waals surface area (Å²) in [7, 11) is 0. The molecule has 1 aliphatic heterocycles. The van der Waals surface area contributed by atoms with Gasteiger partial charge in [-0.2, -0.15) is 0 Å². The summed E-state index contributed by atoms with van der Waals surface area (Å²) in [4.78, 5) is 14.6. The summed E-state index contributed by atoms with van der Waals surface area (Å²) in [6, 6.07) is 7.87. The predicted molar refractivity (Wildman–Crippen MR) is 88.1 cm³/mol. The number of benzene rings is 1. The first-order valence-electron chi connectivity index (χ1n) is 8.13. The van der Waals surface area contributed by atoms with Crippen LogP contribution >= 0.6 is 0 Å². The van der Waals surface area contributed by atoms with Crippen molar-refractivity contribution in [1.29, 1.82) is 0 Å². The second kappa shape index (κ2) is 6.50. The molecule has 0 aliphatic carbocycles. The molecule has 1 atom stereocenters. The van der Waals surface area contributed by atoms with Crippen molar-refractivity contribution in [2.75, 3.05) is 18.8 Å². The smallest absolute Gasteiger partial charge is 0.223 e. The summed E-state index contributed by atoms with van der Waals surface area (Å²) >= 11 is 0. The number of likely N-dealkylation sites (tertiary alicyclic amines) is 1. The standard InChI is InChI=1S/C18H28N2O/c1-4-18(5-2)10-11-20(13-18)17(21)12-14(3)15-6-8-16(19)9-7-15/h6-9,14H,4-5,10-13,19H2,1-3H3. The molecule has 116 valence electrons. The molecule has 2 rings (SSSR count). The van der Waals surface area contributed by atoms with E-state index in [2.05, 4.69) is 25.7 Å². The molecule has 0 bridgehead atoms. The zero-order chi connectivity index (χ0) is 15.5. The Hall–Kier alpha value is -1.51. The molecule has 0 spiro atoms. The van der Waals surface area contributed by atoms with Crippen LogP contribution in [0.3, 0.4) is 0 Å². The van der Waals surface area contributed by atoms with Crippen molar-refractivity contribution in [3.05, 3.63) is 29.8 Å². The molecule has 0 saturated carbocycles. The highest BCUT2D eigenvalue weighted by Crippen LogP contribution is 2.37. The third-order valence-corrected chi connectivity index (χ3v) is 5.28. The van der Waals surface area contributed by atoms with Gasteiger partial charge in [-0.25, -0.2) is 0 Å². The van der Waals surface area contributed by atoms with Crippen LogP contribution in [0.4, 0.5) is 5.69 Å². The zero-order valence-corrected chi connectivity index (χ0v) is 13.6. The van der Waals surface area contributed by atoms with Gasteiger partial charge in [0.2, 0.25) is 5.91 Å². The van der Waals surface area contributed by atoms with E-state index in [0.717, 1.165) is 25.2 Å². The van der Waals surface area contributed by atoms with E-state index in [4.69, 9.17) is 5.73 Å². The Kier molecular flexibility index (Phi) is 4.92. The number of anilines is 1. The van der Waals surface area contributed by atoms with Crippen LogP contribution in [0.5, 0.6) is 0 Å². The number of amides is 1. The summed E-state index contributed by atoms with van der Waals surface area (Å²) in [6.07, 6.45) is 4.08. The number of carbonyl (C=O) groups is 1. The van der Waals surface area contributed by atoms with Gasteiger partial charge < -0.3 is 10.6 Å². The third-order valence-electron chi connectivity index (χ3n) is 5.28.